The summed E-state index contributed by atoms with van der Waals surface area (Å²) in [6.07, 6.45) is -0.183. The first-order valence-electron chi connectivity index (χ1n) is 12.6. The Morgan fingerprint density at radius 3 is 2.42 bits per heavy atom. The molecule has 1 aliphatic heterocycles. The monoisotopic (exact) mass is 525 g/mol. The first-order valence-corrected chi connectivity index (χ1v) is 12.6. The fourth-order valence-corrected chi connectivity index (χ4v) is 5.93. The number of nitrogens with zero attached hydrogens (tertiary/aromatic N) is 3. The van der Waals surface area contributed by atoms with Crippen LogP contribution in [0.25, 0.3) is 0 Å². The minimum absolute atomic E-state index is 0.0744. The molecule has 1 aliphatic carbocycles. The average Bonchev–Trinajstić information content (AvgIpc) is 3.10. The number of halogens is 3. The molecule has 0 bridgehead atoms. The van der Waals surface area contributed by atoms with E-state index in [4.69, 9.17) is 10.5 Å². The van der Waals surface area contributed by atoms with E-state index in [1.54, 1.807) is 38.0 Å². The van der Waals surface area contributed by atoms with Gasteiger partial charge in [-0.1, -0.05) is 31.4 Å². The van der Waals surface area contributed by atoms with Crippen LogP contribution in [0.15, 0.2) is 36.7 Å². The summed E-state index contributed by atoms with van der Waals surface area (Å²) in [5.41, 5.74) is 5.86. The number of methoxy groups -OCH3 is 1. The number of amides is 1. The molecule has 1 spiro atoms. The quantitative estimate of drug-likeness (QED) is 0.408. The number of anilines is 3. The number of fused-ring (bicyclic) bond motifs is 2. The zero-order valence-electron chi connectivity index (χ0n) is 21.6. The van der Waals surface area contributed by atoms with Crippen molar-refractivity contribution in [2.24, 2.45) is 0 Å². The van der Waals surface area contributed by atoms with E-state index in [0.29, 0.717) is 29.7 Å². The van der Waals surface area contributed by atoms with Gasteiger partial charge in [-0.3, -0.25) is 4.79 Å². The standard InChI is InChI=1S/C28H30F3N5O2/c1-16-13-20(35-25-17(2)24(32)33-15-34-25)22(28(29,30)31)23-21(16)26(37)36(27(23)11-5-4-6-12-27)14-18-7-9-19(38-3)10-8-18/h7-10,13,15H,4-6,11-12,14H2,1-3H3,(H3,32,33,34,35). The molecular formula is C28H30F3N5O2. The molecule has 3 aromatic rings. The van der Waals surface area contributed by atoms with E-state index in [-0.39, 0.29) is 40.9 Å². The number of rotatable bonds is 5. The number of aryl methyl sites for hydroxylation is 1. The van der Waals surface area contributed by atoms with Crippen LogP contribution in [0.5, 0.6) is 5.75 Å². The van der Waals surface area contributed by atoms with Crippen molar-refractivity contribution >= 4 is 23.2 Å². The predicted octanol–water partition coefficient (Wildman–Crippen LogP) is 6.26. The summed E-state index contributed by atoms with van der Waals surface area (Å²) in [7, 11) is 1.57. The Morgan fingerprint density at radius 2 is 1.79 bits per heavy atom. The molecule has 0 saturated heterocycles. The summed E-state index contributed by atoms with van der Waals surface area (Å²) in [5, 5.41) is 2.88. The largest absolute Gasteiger partial charge is 0.497 e. The summed E-state index contributed by atoms with van der Waals surface area (Å²) in [4.78, 5) is 23.6. The molecule has 7 nitrogen and oxygen atoms in total. The molecule has 2 heterocycles. The van der Waals surface area contributed by atoms with Crippen molar-refractivity contribution in [2.75, 3.05) is 18.2 Å². The van der Waals surface area contributed by atoms with Gasteiger partial charge >= 0.3 is 6.18 Å². The zero-order chi connectivity index (χ0) is 27.2. The van der Waals surface area contributed by atoms with Gasteiger partial charge in [0.05, 0.1) is 23.9 Å². The van der Waals surface area contributed by atoms with E-state index in [1.807, 2.05) is 12.1 Å². The first-order chi connectivity index (χ1) is 18.1. The van der Waals surface area contributed by atoms with Gasteiger partial charge in [0.25, 0.3) is 5.91 Å². The number of hydrogen-bond donors (Lipinski definition) is 2. The minimum Gasteiger partial charge on any atom is -0.497 e. The number of carbonyl (C=O) groups is 1. The summed E-state index contributed by atoms with van der Waals surface area (Å²) in [5.74, 6) is 0.677. The number of benzene rings is 2. The summed E-state index contributed by atoms with van der Waals surface area (Å²) >= 11 is 0. The maximum absolute atomic E-state index is 15.0. The van der Waals surface area contributed by atoms with Crippen molar-refractivity contribution < 1.29 is 22.7 Å². The smallest absolute Gasteiger partial charge is 0.418 e. The Kier molecular flexibility index (Phi) is 6.44. The maximum atomic E-state index is 15.0. The Bertz CT molecular complexity index is 1380. The molecule has 38 heavy (non-hydrogen) atoms. The van der Waals surface area contributed by atoms with Gasteiger partial charge in [-0.05, 0) is 56.0 Å². The number of nitrogens with two attached hydrogens (primary N) is 1. The minimum atomic E-state index is -4.71. The highest BCUT2D eigenvalue weighted by molar-refractivity contribution is 6.03. The van der Waals surface area contributed by atoms with E-state index in [2.05, 4.69) is 15.3 Å². The normalized spacial score (nSPS) is 16.6. The fourth-order valence-electron chi connectivity index (χ4n) is 5.93. The molecule has 0 atom stereocenters. The van der Waals surface area contributed by atoms with Gasteiger partial charge in [0.2, 0.25) is 0 Å². The third kappa shape index (κ3) is 4.21. The van der Waals surface area contributed by atoms with Gasteiger partial charge in [0.15, 0.2) is 0 Å². The number of nitrogen functional groups attached to an aromatic ring is 1. The molecule has 200 valence electrons. The lowest BCUT2D eigenvalue weighted by molar-refractivity contribution is -0.138. The zero-order valence-corrected chi connectivity index (χ0v) is 21.6. The van der Waals surface area contributed by atoms with Gasteiger partial charge in [0, 0.05) is 23.2 Å². The molecule has 2 aliphatic rings. The lowest BCUT2D eigenvalue weighted by Gasteiger charge is -2.43. The topological polar surface area (TPSA) is 93.4 Å². The van der Waals surface area contributed by atoms with Crippen molar-refractivity contribution in [3.05, 3.63) is 70.0 Å². The van der Waals surface area contributed by atoms with Crippen LogP contribution in [0.2, 0.25) is 0 Å². The second-order valence-corrected chi connectivity index (χ2v) is 10.1. The highest BCUT2D eigenvalue weighted by Gasteiger charge is 2.55. The van der Waals surface area contributed by atoms with E-state index < -0.39 is 17.3 Å². The van der Waals surface area contributed by atoms with E-state index >= 15 is 0 Å². The molecular weight excluding hydrogens is 495 g/mol. The van der Waals surface area contributed by atoms with Crippen molar-refractivity contribution in [1.82, 2.24) is 14.9 Å². The van der Waals surface area contributed by atoms with Crippen LogP contribution < -0.4 is 15.8 Å². The number of alkyl halides is 3. The molecule has 3 N–H and O–H groups in total. The third-order valence-corrected chi connectivity index (χ3v) is 7.81. The van der Waals surface area contributed by atoms with Gasteiger partial charge in [-0.15, -0.1) is 0 Å². The molecule has 5 rings (SSSR count). The number of ether oxygens (including phenoxy) is 1. The summed E-state index contributed by atoms with van der Waals surface area (Å²) in [6, 6.07) is 8.67. The third-order valence-electron chi connectivity index (χ3n) is 7.81. The average molecular weight is 526 g/mol. The molecule has 1 amide bonds. The Hall–Kier alpha value is -3.82. The summed E-state index contributed by atoms with van der Waals surface area (Å²) < 4.78 is 50.2. The highest BCUT2D eigenvalue weighted by Crippen LogP contribution is 2.56. The maximum Gasteiger partial charge on any atom is 0.418 e. The highest BCUT2D eigenvalue weighted by atomic mass is 19.4. The summed E-state index contributed by atoms with van der Waals surface area (Å²) in [6.45, 7) is 3.54. The van der Waals surface area contributed by atoms with E-state index in [0.717, 1.165) is 24.8 Å². The van der Waals surface area contributed by atoms with Crippen molar-refractivity contribution in [3.63, 3.8) is 0 Å². The fraction of sp³-hybridized carbons (Fsp3) is 0.393. The number of nitrogens with one attached hydrogen (secondary N) is 1. The van der Waals surface area contributed by atoms with E-state index in [9.17, 15) is 18.0 Å². The number of carbonyl (C=O) groups excluding carboxylic acids is 1. The lowest BCUT2D eigenvalue weighted by Crippen LogP contribution is -2.45. The molecule has 10 heteroatoms. The Labute approximate surface area is 219 Å². The molecule has 2 aromatic carbocycles. The number of aromatic nitrogens is 2. The molecule has 1 aromatic heterocycles. The first kappa shape index (κ1) is 25.8. The predicted molar refractivity (Wildman–Crippen MR) is 138 cm³/mol. The van der Waals surface area contributed by atoms with Crippen LogP contribution in [0.1, 0.15) is 70.3 Å². The molecule has 1 saturated carbocycles. The van der Waals surface area contributed by atoms with Crippen LogP contribution in [0, 0.1) is 13.8 Å². The van der Waals surface area contributed by atoms with Gasteiger partial charge in [-0.25, -0.2) is 9.97 Å². The Balaban J connectivity index is 1.70. The molecule has 1 fully saturated rings. The van der Waals surface area contributed by atoms with Gasteiger partial charge < -0.3 is 20.7 Å². The second kappa shape index (κ2) is 9.49. The van der Waals surface area contributed by atoms with Crippen LogP contribution in [-0.2, 0) is 18.3 Å². The van der Waals surface area contributed by atoms with E-state index in [1.165, 1.54) is 12.4 Å². The molecule has 0 unspecified atom stereocenters. The van der Waals surface area contributed by atoms with Crippen molar-refractivity contribution in [2.45, 2.75) is 64.2 Å². The Morgan fingerprint density at radius 1 is 1.11 bits per heavy atom. The van der Waals surface area contributed by atoms with Crippen molar-refractivity contribution in [3.8, 4) is 5.75 Å². The van der Waals surface area contributed by atoms with Crippen LogP contribution in [0.3, 0.4) is 0 Å². The van der Waals surface area contributed by atoms with Gasteiger partial charge in [0.1, 0.15) is 23.7 Å². The molecule has 0 radical (unpaired) electrons. The van der Waals surface area contributed by atoms with Crippen LogP contribution >= 0.6 is 0 Å². The van der Waals surface area contributed by atoms with Crippen LogP contribution in [-0.4, -0.2) is 27.9 Å². The second-order valence-electron chi connectivity index (χ2n) is 10.1. The van der Waals surface area contributed by atoms with Crippen molar-refractivity contribution in [1.29, 1.82) is 0 Å². The number of hydrogen-bond acceptors (Lipinski definition) is 6. The van der Waals surface area contributed by atoms with Gasteiger partial charge in [-0.2, -0.15) is 13.2 Å². The van der Waals surface area contributed by atoms with Crippen LogP contribution in [0.4, 0.5) is 30.5 Å². The lowest BCUT2D eigenvalue weighted by atomic mass is 9.73. The SMILES string of the molecule is COc1ccc(CN2C(=O)c3c(C)cc(Nc4ncnc(N)c4C)c(C(F)(F)F)c3C23CCCCC3)cc1.